The first-order valence-electron chi connectivity index (χ1n) is 6.34. The molecular weight excluding hydrogens is 232 g/mol. The van der Waals surface area contributed by atoms with Crippen LogP contribution < -0.4 is 11.1 Å². The minimum atomic E-state index is 0.428. The SMILES string of the molecule is Cc1cnc(CNCCN2CCC(N)CC2)s1. The summed E-state index contributed by atoms with van der Waals surface area (Å²) in [5.41, 5.74) is 5.88. The van der Waals surface area contributed by atoms with Gasteiger partial charge in [0.05, 0.1) is 0 Å². The Bertz CT molecular complexity index is 331. The number of nitrogens with zero attached hydrogens (tertiary/aromatic N) is 2. The van der Waals surface area contributed by atoms with Gasteiger partial charge in [-0.15, -0.1) is 11.3 Å². The van der Waals surface area contributed by atoms with Crippen LogP contribution in [0.5, 0.6) is 0 Å². The minimum Gasteiger partial charge on any atom is -0.328 e. The maximum absolute atomic E-state index is 5.88. The number of hydrogen-bond acceptors (Lipinski definition) is 5. The van der Waals surface area contributed by atoms with E-state index in [2.05, 4.69) is 22.1 Å². The monoisotopic (exact) mass is 254 g/mol. The van der Waals surface area contributed by atoms with Crippen LogP contribution in [0.1, 0.15) is 22.7 Å². The third-order valence-electron chi connectivity index (χ3n) is 3.18. The first-order valence-corrected chi connectivity index (χ1v) is 7.15. The summed E-state index contributed by atoms with van der Waals surface area (Å²) in [6, 6.07) is 0.428. The average Bonchev–Trinajstić information content (AvgIpc) is 2.73. The molecule has 2 rings (SSSR count). The highest BCUT2D eigenvalue weighted by molar-refractivity contribution is 7.11. The van der Waals surface area contributed by atoms with Crippen LogP contribution >= 0.6 is 11.3 Å². The largest absolute Gasteiger partial charge is 0.328 e. The highest BCUT2D eigenvalue weighted by Gasteiger charge is 2.14. The molecule has 0 aromatic carbocycles. The number of aryl methyl sites for hydroxylation is 1. The van der Waals surface area contributed by atoms with E-state index in [4.69, 9.17) is 5.73 Å². The quantitative estimate of drug-likeness (QED) is 0.769. The number of nitrogens with two attached hydrogens (primary N) is 1. The molecule has 17 heavy (non-hydrogen) atoms. The average molecular weight is 254 g/mol. The van der Waals surface area contributed by atoms with Crippen molar-refractivity contribution in [2.24, 2.45) is 5.73 Å². The van der Waals surface area contributed by atoms with Gasteiger partial charge in [-0.1, -0.05) is 0 Å². The van der Waals surface area contributed by atoms with Crippen molar-refractivity contribution < 1.29 is 0 Å². The van der Waals surface area contributed by atoms with Crippen molar-refractivity contribution >= 4 is 11.3 Å². The number of rotatable bonds is 5. The zero-order valence-electron chi connectivity index (χ0n) is 10.5. The summed E-state index contributed by atoms with van der Waals surface area (Å²) in [5.74, 6) is 0. The molecule has 5 heteroatoms. The van der Waals surface area contributed by atoms with E-state index in [0.29, 0.717) is 6.04 Å². The zero-order chi connectivity index (χ0) is 12.1. The number of hydrogen-bond donors (Lipinski definition) is 2. The Morgan fingerprint density at radius 3 is 2.94 bits per heavy atom. The summed E-state index contributed by atoms with van der Waals surface area (Å²) in [6.45, 7) is 7.45. The van der Waals surface area contributed by atoms with Crippen LogP contribution in [0, 0.1) is 6.92 Å². The molecular formula is C12H22N4S. The van der Waals surface area contributed by atoms with E-state index >= 15 is 0 Å². The summed E-state index contributed by atoms with van der Waals surface area (Å²) < 4.78 is 0. The fraction of sp³-hybridized carbons (Fsp3) is 0.750. The van der Waals surface area contributed by atoms with E-state index in [-0.39, 0.29) is 0 Å². The molecule has 1 aromatic heterocycles. The lowest BCUT2D eigenvalue weighted by molar-refractivity contribution is 0.213. The van der Waals surface area contributed by atoms with Crippen LogP contribution in [-0.4, -0.2) is 42.1 Å². The lowest BCUT2D eigenvalue weighted by atomic mass is 10.1. The van der Waals surface area contributed by atoms with Crippen LogP contribution in [0.2, 0.25) is 0 Å². The van der Waals surface area contributed by atoms with Crippen LogP contribution in [0.15, 0.2) is 6.20 Å². The Morgan fingerprint density at radius 2 is 2.29 bits per heavy atom. The van der Waals surface area contributed by atoms with Gasteiger partial charge in [0, 0.05) is 36.8 Å². The first-order chi connectivity index (χ1) is 8.24. The molecule has 1 fully saturated rings. The fourth-order valence-corrected chi connectivity index (χ4v) is 2.85. The molecule has 2 heterocycles. The third-order valence-corrected chi connectivity index (χ3v) is 4.10. The molecule has 1 aromatic rings. The van der Waals surface area contributed by atoms with Gasteiger partial charge in [-0.25, -0.2) is 4.98 Å². The Hall–Kier alpha value is -0.490. The molecule has 0 saturated carbocycles. The maximum Gasteiger partial charge on any atom is 0.107 e. The van der Waals surface area contributed by atoms with Gasteiger partial charge in [-0.3, -0.25) is 0 Å². The molecule has 0 bridgehead atoms. The third kappa shape index (κ3) is 4.35. The summed E-state index contributed by atoms with van der Waals surface area (Å²) in [4.78, 5) is 8.11. The molecule has 0 unspecified atom stereocenters. The summed E-state index contributed by atoms with van der Waals surface area (Å²) in [6.07, 6.45) is 4.23. The molecule has 3 N–H and O–H groups in total. The van der Waals surface area contributed by atoms with Crippen molar-refractivity contribution in [1.82, 2.24) is 15.2 Å². The molecule has 1 saturated heterocycles. The second-order valence-electron chi connectivity index (χ2n) is 4.72. The number of nitrogens with one attached hydrogen (secondary N) is 1. The molecule has 4 nitrogen and oxygen atoms in total. The van der Waals surface area contributed by atoms with Crippen molar-refractivity contribution in [1.29, 1.82) is 0 Å². The topological polar surface area (TPSA) is 54.2 Å². The van der Waals surface area contributed by atoms with Crippen molar-refractivity contribution in [3.05, 3.63) is 16.1 Å². The normalized spacial score (nSPS) is 18.7. The van der Waals surface area contributed by atoms with Crippen LogP contribution in [0.4, 0.5) is 0 Å². The van der Waals surface area contributed by atoms with E-state index in [0.717, 1.165) is 45.6 Å². The van der Waals surface area contributed by atoms with Gasteiger partial charge in [0.1, 0.15) is 5.01 Å². The highest BCUT2D eigenvalue weighted by atomic mass is 32.1. The van der Waals surface area contributed by atoms with Gasteiger partial charge in [0.25, 0.3) is 0 Å². The van der Waals surface area contributed by atoms with Crippen LogP contribution in [-0.2, 0) is 6.54 Å². The van der Waals surface area contributed by atoms with E-state index in [1.165, 1.54) is 9.88 Å². The molecule has 0 atom stereocenters. The summed E-state index contributed by atoms with van der Waals surface area (Å²) in [5, 5.41) is 4.63. The Morgan fingerprint density at radius 1 is 1.53 bits per heavy atom. The van der Waals surface area contributed by atoms with Gasteiger partial charge in [0.2, 0.25) is 0 Å². The van der Waals surface area contributed by atoms with Gasteiger partial charge in [-0.2, -0.15) is 0 Å². The standard InChI is InChI=1S/C12H22N4S/c1-10-8-15-12(17-10)9-14-4-7-16-5-2-11(13)3-6-16/h8,11,14H,2-7,9,13H2,1H3. The molecule has 0 amide bonds. The number of thiazole rings is 1. The lowest BCUT2D eigenvalue weighted by Gasteiger charge is -2.29. The van der Waals surface area contributed by atoms with Gasteiger partial charge >= 0.3 is 0 Å². The maximum atomic E-state index is 5.88. The van der Waals surface area contributed by atoms with Crippen LogP contribution in [0.25, 0.3) is 0 Å². The van der Waals surface area contributed by atoms with Crippen LogP contribution in [0.3, 0.4) is 0 Å². The number of piperidine rings is 1. The Labute approximate surface area is 107 Å². The Balaban J connectivity index is 1.57. The highest BCUT2D eigenvalue weighted by Crippen LogP contribution is 2.10. The summed E-state index contributed by atoms with van der Waals surface area (Å²) in [7, 11) is 0. The molecule has 96 valence electrons. The van der Waals surface area contributed by atoms with E-state index in [1.807, 2.05) is 6.20 Å². The lowest BCUT2D eigenvalue weighted by Crippen LogP contribution is -2.42. The van der Waals surface area contributed by atoms with Gasteiger partial charge in [0.15, 0.2) is 0 Å². The number of likely N-dealkylation sites (tertiary alicyclic amines) is 1. The molecule has 0 spiro atoms. The second kappa shape index (κ2) is 6.44. The smallest absolute Gasteiger partial charge is 0.107 e. The molecule has 0 aliphatic carbocycles. The predicted molar refractivity (Wildman–Crippen MR) is 72.2 cm³/mol. The van der Waals surface area contributed by atoms with Crippen molar-refractivity contribution in [2.45, 2.75) is 32.4 Å². The predicted octanol–water partition coefficient (Wildman–Crippen LogP) is 0.964. The molecule has 1 aliphatic rings. The van der Waals surface area contributed by atoms with Crippen molar-refractivity contribution in [2.75, 3.05) is 26.2 Å². The Kier molecular flexibility index (Phi) is 4.91. The van der Waals surface area contributed by atoms with E-state index in [9.17, 15) is 0 Å². The fourth-order valence-electron chi connectivity index (χ4n) is 2.09. The molecule has 1 aliphatic heterocycles. The second-order valence-corrected chi connectivity index (χ2v) is 6.04. The minimum absolute atomic E-state index is 0.428. The van der Waals surface area contributed by atoms with Gasteiger partial charge in [-0.05, 0) is 32.9 Å². The summed E-state index contributed by atoms with van der Waals surface area (Å²) >= 11 is 1.77. The van der Waals surface area contributed by atoms with Crippen molar-refractivity contribution in [3.8, 4) is 0 Å². The molecule has 0 radical (unpaired) electrons. The number of aromatic nitrogens is 1. The van der Waals surface area contributed by atoms with E-state index in [1.54, 1.807) is 11.3 Å². The van der Waals surface area contributed by atoms with E-state index < -0.39 is 0 Å². The first kappa shape index (κ1) is 13.0. The van der Waals surface area contributed by atoms with Gasteiger partial charge < -0.3 is 16.0 Å². The zero-order valence-corrected chi connectivity index (χ0v) is 11.3. The van der Waals surface area contributed by atoms with Crippen molar-refractivity contribution in [3.63, 3.8) is 0 Å².